The van der Waals surface area contributed by atoms with Crippen molar-refractivity contribution in [3.05, 3.63) is 39.4 Å². The van der Waals surface area contributed by atoms with Crippen LogP contribution in [0, 0.1) is 10.1 Å². The summed E-state index contributed by atoms with van der Waals surface area (Å²) in [6.07, 6.45) is 3.77. The summed E-state index contributed by atoms with van der Waals surface area (Å²) in [6.45, 7) is 0. The number of fused-ring (bicyclic) bond motifs is 2. The number of nitro groups is 1. The predicted octanol–water partition coefficient (Wildman–Crippen LogP) is 2.95. The fraction of sp³-hybridized carbons (Fsp3) is 0.467. The number of benzene rings is 1. The second kappa shape index (κ2) is 4.51. The molecule has 2 aliphatic rings. The van der Waals surface area contributed by atoms with E-state index in [0.717, 1.165) is 24.8 Å². The smallest absolute Gasteiger partial charge is 0.270 e. The Morgan fingerprint density at radius 3 is 2.35 bits per heavy atom. The molecule has 1 aromatic rings. The highest BCUT2D eigenvalue weighted by Gasteiger charge is 2.42. The van der Waals surface area contributed by atoms with Gasteiger partial charge in [-0.25, -0.2) is 0 Å². The third-order valence-corrected chi connectivity index (χ3v) is 4.68. The second-order valence-electron chi connectivity index (χ2n) is 5.73. The monoisotopic (exact) mass is 273 g/mol. The molecule has 5 nitrogen and oxygen atoms in total. The Balaban J connectivity index is 2.08. The van der Waals surface area contributed by atoms with Crippen LogP contribution in [-0.4, -0.2) is 16.5 Å². The summed E-state index contributed by atoms with van der Waals surface area (Å²) in [5, 5.41) is 10.9. The van der Waals surface area contributed by atoms with Crippen molar-refractivity contribution < 1.29 is 14.5 Å². The van der Waals surface area contributed by atoms with Crippen LogP contribution in [0.5, 0.6) is 0 Å². The maximum absolute atomic E-state index is 12.1. The van der Waals surface area contributed by atoms with E-state index in [0.29, 0.717) is 24.8 Å². The average molecular weight is 273 g/mol. The van der Waals surface area contributed by atoms with Crippen molar-refractivity contribution in [2.24, 2.45) is 0 Å². The Morgan fingerprint density at radius 1 is 1.05 bits per heavy atom. The molecule has 1 aromatic carbocycles. The van der Waals surface area contributed by atoms with Crippen LogP contribution in [0.25, 0.3) is 0 Å². The number of carbonyl (C=O) groups is 2. The van der Waals surface area contributed by atoms with Gasteiger partial charge in [0.15, 0.2) is 5.78 Å². The molecule has 0 amide bonds. The van der Waals surface area contributed by atoms with E-state index >= 15 is 0 Å². The van der Waals surface area contributed by atoms with Crippen LogP contribution in [0.4, 0.5) is 5.69 Å². The van der Waals surface area contributed by atoms with Gasteiger partial charge >= 0.3 is 0 Å². The topological polar surface area (TPSA) is 77.3 Å². The molecule has 0 aromatic heterocycles. The zero-order valence-corrected chi connectivity index (χ0v) is 11.1. The summed E-state index contributed by atoms with van der Waals surface area (Å²) in [5.41, 5.74) is 1.22. The summed E-state index contributed by atoms with van der Waals surface area (Å²) in [5.74, 6) is 0.252. The maximum atomic E-state index is 12.1. The van der Waals surface area contributed by atoms with Crippen LogP contribution in [0.15, 0.2) is 18.2 Å². The fourth-order valence-electron chi connectivity index (χ4n) is 3.49. The SMILES string of the molecule is O=C1CCC2(CC1)CCC(=O)c1cc([N+](=O)[O-])ccc12. The standard InChI is InChI=1S/C15H15NO4/c17-11-3-6-15(7-4-11)8-5-14(18)12-9-10(16(19)20)1-2-13(12)15/h1-2,9H,3-8H2. The Kier molecular flexibility index (Phi) is 2.92. The normalized spacial score (nSPS) is 20.8. The van der Waals surface area contributed by atoms with Crippen molar-refractivity contribution in [3.8, 4) is 0 Å². The molecular weight excluding hydrogens is 258 g/mol. The number of hydrogen-bond acceptors (Lipinski definition) is 4. The molecule has 0 atom stereocenters. The minimum Gasteiger partial charge on any atom is -0.300 e. The molecule has 0 aliphatic heterocycles. The first-order valence-corrected chi connectivity index (χ1v) is 6.86. The van der Waals surface area contributed by atoms with E-state index in [1.165, 1.54) is 12.1 Å². The van der Waals surface area contributed by atoms with E-state index in [2.05, 4.69) is 0 Å². The highest BCUT2D eigenvalue weighted by atomic mass is 16.6. The molecule has 1 saturated carbocycles. The van der Waals surface area contributed by atoms with Gasteiger partial charge in [-0.2, -0.15) is 0 Å². The molecule has 0 saturated heterocycles. The molecule has 104 valence electrons. The Bertz CT molecular complexity index is 610. The van der Waals surface area contributed by atoms with Crippen LogP contribution in [-0.2, 0) is 10.2 Å². The molecule has 5 heteroatoms. The summed E-state index contributed by atoms with van der Waals surface area (Å²) in [6, 6.07) is 4.59. The molecule has 2 aliphatic carbocycles. The predicted molar refractivity (Wildman–Crippen MR) is 71.8 cm³/mol. The maximum Gasteiger partial charge on any atom is 0.270 e. The van der Waals surface area contributed by atoms with Crippen molar-refractivity contribution in [2.75, 3.05) is 0 Å². The first kappa shape index (κ1) is 13.0. The van der Waals surface area contributed by atoms with Crippen molar-refractivity contribution in [1.29, 1.82) is 0 Å². The molecular formula is C15H15NO4. The average Bonchev–Trinajstić information content (AvgIpc) is 2.45. The van der Waals surface area contributed by atoms with Crippen LogP contribution in [0.1, 0.15) is 54.4 Å². The zero-order valence-electron chi connectivity index (χ0n) is 11.1. The number of rotatable bonds is 1. The third-order valence-electron chi connectivity index (χ3n) is 4.68. The summed E-state index contributed by atoms with van der Waals surface area (Å²) < 4.78 is 0. The van der Waals surface area contributed by atoms with Crippen LogP contribution in [0.3, 0.4) is 0 Å². The molecule has 20 heavy (non-hydrogen) atoms. The summed E-state index contributed by atoms with van der Waals surface area (Å²) in [7, 11) is 0. The van der Waals surface area contributed by atoms with Crippen molar-refractivity contribution >= 4 is 17.3 Å². The minimum absolute atomic E-state index is 0.0220. The Hall–Kier alpha value is -2.04. The lowest BCUT2D eigenvalue weighted by molar-refractivity contribution is -0.384. The third kappa shape index (κ3) is 1.94. The van der Waals surface area contributed by atoms with Gasteiger partial charge in [-0.3, -0.25) is 19.7 Å². The minimum atomic E-state index is -0.473. The number of carbonyl (C=O) groups excluding carboxylic acids is 2. The van der Waals surface area contributed by atoms with Gasteiger partial charge in [0.1, 0.15) is 5.78 Å². The van der Waals surface area contributed by atoms with Crippen LogP contribution in [0.2, 0.25) is 0 Å². The first-order chi connectivity index (χ1) is 9.52. The van der Waals surface area contributed by atoms with Crippen molar-refractivity contribution in [2.45, 2.75) is 43.9 Å². The van der Waals surface area contributed by atoms with Gasteiger partial charge in [-0.05, 0) is 30.2 Å². The van der Waals surface area contributed by atoms with Gasteiger partial charge in [0.25, 0.3) is 5.69 Å². The van der Waals surface area contributed by atoms with E-state index < -0.39 is 4.92 Å². The molecule has 0 N–H and O–H groups in total. The lowest BCUT2D eigenvalue weighted by atomic mass is 9.62. The van der Waals surface area contributed by atoms with Crippen molar-refractivity contribution in [3.63, 3.8) is 0 Å². The lowest BCUT2D eigenvalue weighted by Gasteiger charge is -2.41. The van der Waals surface area contributed by atoms with Gasteiger partial charge in [-0.1, -0.05) is 6.07 Å². The first-order valence-electron chi connectivity index (χ1n) is 6.86. The molecule has 0 bridgehead atoms. The molecule has 0 unspecified atom stereocenters. The number of hydrogen-bond donors (Lipinski definition) is 0. The van der Waals surface area contributed by atoms with Gasteiger partial charge in [0.05, 0.1) is 4.92 Å². The second-order valence-corrected chi connectivity index (χ2v) is 5.73. The van der Waals surface area contributed by atoms with Gasteiger partial charge < -0.3 is 0 Å². The van der Waals surface area contributed by atoms with E-state index in [1.54, 1.807) is 6.07 Å². The summed E-state index contributed by atoms with van der Waals surface area (Å²) >= 11 is 0. The lowest BCUT2D eigenvalue weighted by Crippen LogP contribution is -2.37. The van der Waals surface area contributed by atoms with E-state index in [-0.39, 0.29) is 22.7 Å². The largest absolute Gasteiger partial charge is 0.300 e. The van der Waals surface area contributed by atoms with E-state index in [1.807, 2.05) is 0 Å². The summed E-state index contributed by atoms with van der Waals surface area (Å²) in [4.78, 5) is 33.9. The Morgan fingerprint density at radius 2 is 1.70 bits per heavy atom. The molecule has 1 fully saturated rings. The highest BCUT2D eigenvalue weighted by molar-refractivity contribution is 6.00. The van der Waals surface area contributed by atoms with Crippen molar-refractivity contribution in [1.82, 2.24) is 0 Å². The molecule has 0 heterocycles. The van der Waals surface area contributed by atoms with Gasteiger partial charge in [-0.15, -0.1) is 0 Å². The number of nitrogens with zero attached hydrogens (tertiary/aromatic N) is 1. The van der Waals surface area contributed by atoms with Crippen LogP contribution >= 0.6 is 0 Å². The Labute approximate surface area is 116 Å². The number of non-ortho nitro benzene ring substituents is 1. The fourth-order valence-corrected chi connectivity index (χ4v) is 3.49. The van der Waals surface area contributed by atoms with Gasteiger partial charge in [0.2, 0.25) is 0 Å². The van der Waals surface area contributed by atoms with E-state index in [9.17, 15) is 19.7 Å². The van der Waals surface area contributed by atoms with E-state index in [4.69, 9.17) is 0 Å². The van der Waals surface area contributed by atoms with Gasteiger partial charge in [0, 0.05) is 37.0 Å². The number of nitro benzene ring substituents is 1. The molecule has 3 rings (SSSR count). The molecule has 1 spiro atoms. The van der Waals surface area contributed by atoms with Crippen LogP contribution < -0.4 is 0 Å². The quantitative estimate of drug-likeness (QED) is 0.582. The number of Topliss-reactive ketones (excluding diaryl/α,β-unsaturated/α-hetero) is 2. The highest BCUT2D eigenvalue weighted by Crippen LogP contribution is 2.47. The number of ketones is 2. The zero-order chi connectivity index (χ0) is 14.3. The molecule has 0 radical (unpaired) electrons.